The molecule has 0 atom stereocenters. The van der Waals surface area contributed by atoms with Gasteiger partial charge in [-0.1, -0.05) is 99.5 Å². The largest absolute Gasteiger partial charge is 0.454 e. The number of hydrogen-bond acceptors (Lipinski definition) is 5. The third-order valence-electron chi connectivity index (χ3n) is 12.5. The Labute approximate surface area is 364 Å². The molecule has 0 saturated heterocycles. The van der Waals surface area contributed by atoms with Crippen LogP contribution in [0.3, 0.4) is 0 Å². The number of pyridine rings is 1. The van der Waals surface area contributed by atoms with Gasteiger partial charge in [-0.25, -0.2) is 9.97 Å². The van der Waals surface area contributed by atoms with Crippen molar-refractivity contribution in [2.45, 2.75) is 39.5 Å². The molecule has 5 aromatic heterocycles. The number of aryl methyl sites for hydroxylation is 2. The molecule has 63 heavy (non-hydrogen) atoms. The Balaban J connectivity index is 0.949. The maximum Gasteiger partial charge on any atom is 0.238 e. The van der Waals surface area contributed by atoms with E-state index < -0.39 is 0 Å². The van der Waals surface area contributed by atoms with Crippen molar-refractivity contribution in [1.29, 1.82) is 0 Å². The van der Waals surface area contributed by atoms with Crippen LogP contribution in [0.2, 0.25) is 0 Å². The highest BCUT2D eigenvalue weighted by atomic mass is 16.3. The summed E-state index contributed by atoms with van der Waals surface area (Å²) >= 11 is 0. The molecule has 0 unspecified atom stereocenters. The number of aromatic nitrogens is 6. The van der Waals surface area contributed by atoms with Gasteiger partial charge in [-0.15, -0.1) is 0 Å². The first-order valence-electron chi connectivity index (χ1n) is 21.9. The lowest BCUT2D eigenvalue weighted by atomic mass is 9.99. The highest BCUT2D eigenvalue weighted by Crippen LogP contribution is 2.39. The maximum absolute atomic E-state index is 6.08. The van der Waals surface area contributed by atoms with E-state index in [0.29, 0.717) is 11.8 Å². The summed E-state index contributed by atoms with van der Waals surface area (Å²) in [6, 6.07) is 56.8. The van der Waals surface area contributed by atoms with Gasteiger partial charge in [-0.2, -0.15) is 4.98 Å². The minimum atomic E-state index is 0.614. The number of fused-ring (bicyclic) bond motifs is 9. The maximum atomic E-state index is 6.08. The summed E-state index contributed by atoms with van der Waals surface area (Å²) in [7, 11) is 0. The Morgan fingerprint density at radius 1 is 0.444 bits per heavy atom. The molecule has 7 heteroatoms. The first-order valence-corrected chi connectivity index (χ1v) is 21.9. The Kier molecular flexibility index (Phi) is 8.74. The van der Waals surface area contributed by atoms with Gasteiger partial charge in [0.05, 0.1) is 22.1 Å². The second-order valence-corrected chi connectivity index (χ2v) is 16.5. The lowest BCUT2D eigenvalue weighted by molar-refractivity contribution is 0.668. The summed E-state index contributed by atoms with van der Waals surface area (Å²) in [6.45, 7) is 4.45. The van der Waals surface area contributed by atoms with Crippen LogP contribution >= 0.6 is 0 Å². The van der Waals surface area contributed by atoms with E-state index in [9.17, 15) is 0 Å². The van der Waals surface area contributed by atoms with Crippen LogP contribution in [-0.4, -0.2) is 29.1 Å². The number of furan rings is 1. The van der Waals surface area contributed by atoms with Crippen LogP contribution in [0.4, 0.5) is 0 Å². The Morgan fingerprint density at radius 2 is 1.06 bits per heavy atom. The molecule has 0 radical (unpaired) electrons. The summed E-state index contributed by atoms with van der Waals surface area (Å²) in [5.74, 6) is 1.31. The third kappa shape index (κ3) is 6.18. The van der Waals surface area contributed by atoms with E-state index in [1.807, 2.05) is 18.3 Å². The molecule has 0 saturated carbocycles. The van der Waals surface area contributed by atoms with E-state index in [1.54, 1.807) is 6.33 Å². The smallest absolute Gasteiger partial charge is 0.238 e. The molecule has 302 valence electrons. The van der Waals surface area contributed by atoms with E-state index in [-0.39, 0.29) is 0 Å². The van der Waals surface area contributed by atoms with E-state index in [0.717, 1.165) is 114 Å². The molecule has 0 N–H and O–H groups in total. The lowest BCUT2D eigenvalue weighted by Gasteiger charge is -2.11. The first kappa shape index (κ1) is 36.9. The summed E-state index contributed by atoms with van der Waals surface area (Å²) < 4.78 is 10.6. The van der Waals surface area contributed by atoms with Crippen LogP contribution in [0.5, 0.6) is 0 Å². The number of rotatable bonds is 9. The fraction of sp³-hybridized carbons (Fsp3) is 0.107. The quantitative estimate of drug-likeness (QED) is 0.145. The molecular formula is C56H42N6O. The average molecular weight is 815 g/mol. The third-order valence-corrected chi connectivity index (χ3v) is 12.5. The van der Waals surface area contributed by atoms with Gasteiger partial charge in [-0.3, -0.25) is 9.55 Å². The minimum absolute atomic E-state index is 0.614. The lowest BCUT2D eigenvalue weighted by Crippen LogP contribution is -2.04. The van der Waals surface area contributed by atoms with Crippen molar-refractivity contribution in [2.75, 3.05) is 0 Å². The van der Waals surface area contributed by atoms with Gasteiger partial charge >= 0.3 is 0 Å². The van der Waals surface area contributed by atoms with Crippen molar-refractivity contribution in [3.05, 3.63) is 181 Å². The SMILES string of the molecule is CCCc1cc(CCC)cc(-c2ncnc(-n3c4ccccc4c4cc(-c5ccc6c(c5)c5ccccc5n6-c5cccc(-c6ccc7oc8cccnc8c7c6)c5)ccc43)n2)c1. The summed E-state index contributed by atoms with van der Waals surface area (Å²) in [5.41, 5.74) is 16.3. The molecule has 0 aliphatic carbocycles. The fourth-order valence-corrected chi connectivity index (χ4v) is 9.69. The van der Waals surface area contributed by atoms with E-state index in [1.165, 1.54) is 21.9 Å². The highest BCUT2D eigenvalue weighted by molar-refractivity contribution is 6.13. The number of hydrogen-bond donors (Lipinski definition) is 0. The number of benzene rings is 7. The molecule has 0 fully saturated rings. The molecular weight excluding hydrogens is 773 g/mol. The van der Waals surface area contributed by atoms with Crippen molar-refractivity contribution in [3.63, 3.8) is 0 Å². The molecule has 7 aromatic carbocycles. The molecule has 0 aliphatic rings. The standard InChI is InChI=1S/C56H42N6O/c1-3-11-35-27-36(12-4-2)29-41(28-35)55-58-34-59-56(60-55)62-49-18-8-6-16-44(49)46-32-39(21-24-51(46)62)38-20-23-50-45(31-38)43-15-5-7-17-48(43)61(50)42-14-9-13-37(30-42)40-22-25-52-47(33-40)54-53(63-52)19-10-26-57-54/h5-10,13-34H,3-4,11-12H2,1-2H3. The normalized spacial score (nSPS) is 11.9. The molecule has 0 aliphatic heterocycles. The Hall–Kier alpha value is -7.90. The zero-order chi connectivity index (χ0) is 42.0. The topological polar surface area (TPSA) is 74.6 Å². The average Bonchev–Trinajstić information content (AvgIpc) is 3.99. The van der Waals surface area contributed by atoms with Crippen molar-refractivity contribution >= 4 is 65.7 Å². The summed E-state index contributed by atoms with van der Waals surface area (Å²) in [4.78, 5) is 19.2. The molecule has 12 aromatic rings. The van der Waals surface area contributed by atoms with Crippen LogP contribution in [0.15, 0.2) is 175 Å². The van der Waals surface area contributed by atoms with E-state index in [2.05, 4.69) is 174 Å². The van der Waals surface area contributed by atoms with Gasteiger partial charge in [-0.05, 0) is 131 Å². The van der Waals surface area contributed by atoms with Gasteiger partial charge in [0.15, 0.2) is 11.4 Å². The Morgan fingerprint density at radius 3 is 1.78 bits per heavy atom. The monoisotopic (exact) mass is 814 g/mol. The first-order chi connectivity index (χ1) is 31.1. The highest BCUT2D eigenvalue weighted by Gasteiger charge is 2.19. The van der Waals surface area contributed by atoms with Crippen molar-refractivity contribution in [1.82, 2.24) is 29.1 Å². The van der Waals surface area contributed by atoms with E-state index >= 15 is 0 Å². The fourth-order valence-electron chi connectivity index (χ4n) is 9.69. The van der Waals surface area contributed by atoms with Gasteiger partial charge in [0.2, 0.25) is 5.95 Å². The second kappa shape index (κ2) is 14.9. The number of nitrogens with zero attached hydrogens (tertiary/aromatic N) is 6. The van der Waals surface area contributed by atoms with Gasteiger partial charge in [0, 0.05) is 44.4 Å². The van der Waals surface area contributed by atoms with Gasteiger partial charge < -0.3 is 8.98 Å². The van der Waals surface area contributed by atoms with Crippen molar-refractivity contribution in [2.24, 2.45) is 0 Å². The van der Waals surface area contributed by atoms with Crippen LogP contribution in [0.25, 0.3) is 111 Å². The van der Waals surface area contributed by atoms with Crippen LogP contribution in [0.1, 0.15) is 37.8 Å². The minimum Gasteiger partial charge on any atom is -0.454 e. The molecule has 0 spiro atoms. The molecule has 0 amide bonds. The van der Waals surface area contributed by atoms with Crippen LogP contribution in [0, 0.1) is 0 Å². The van der Waals surface area contributed by atoms with Crippen molar-refractivity contribution < 1.29 is 4.42 Å². The Bertz CT molecular complexity index is 3720. The van der Waals surface area contributed by atoms with Crippen LogP contribution < -0.4 is 0 Å². The van der Waals surface area contributed by atoms with Crippen LogP contribution in [-0.2, 0) is 12.8 Å². The van der Waals surface area contributed by atoms with Gasteiger partial charge in [0.1, 0.15) is 17.4 Å². The summed E-state index contributed by atoms with van der Waals surface area (Å²) in [5, 5.41) is 5.74. The predicted molar refractivity (Wildman–Crippen MR) is 258 cm³/mol. The molecule has 7 nitrogen and oxygen atoms in total. The van der Waals surface area contributed by atoms with Gasteiger partial charge in [0.25, 0.3) is 0 Å². The zero-order valence-corrected chi connectivity index (χ0v) is 35.1. The predicted octanol–water partition coefficient (Wildman–Crippen LogP) is 14.3. The zero-order valence-electron chi connectivity index (χ0n) is 35.1. The molecule has 0 bridgehead atoms. The van der Waals surface area contributed by atoms with Crippen molar-refractivity contribution in [3.8, 4) is 45.3 Å². The number of para-hydroxylation sites is 2. The second-order valence-electron chi connectivity index (χ2n) is 16.5. The molecule has 12 rings (SSSR count). The van der Waals surface area contributed by atoms with E-state index in [4.69, 9.17) is 19.4 Å². The summed E-state index contributed by atoms with van der Waals surface area (Å²) in [6.07, 6.45) is 7.72. The molecule has 5 heterocycles.